The number of methoxy groups -OCH3 is 1. The van der Waals surface area contributed by atoms with Crippen LogP contribution in [-0.2, 0) is 22.9 Å². The summed E-state index contributed by atoms with van der Waals surface area (Å²) in [4.78, 5) is 10.5. The average Bonchev–Trinajstić information content (AvgIpc) is 3.07. The number of aromatic nitrogens is 3. The molecule has 2 N–H and O–H groups in total. The van der Waals surface area contributed by atoms with Crippen LogP contribution in [0.4, 0.5) is 14.7 Å². The summed E-state index contributed by atoms with van der Waals surface area (Å²) < 4.78 is 57.8. The fourth-order valence-corrected chi connectivity index (χ4v) is 3.80. The van der Waals surface area contributed by atoms with E-state index in [0.717, 1.165) is 11.8 Å². The van der Waals surface area contributed by atoms with Gasteiger partial charge in [-0.05, 0) is 11.6 Å². The molecule has 11 heteroatoms. The Hall–Kier alpha value is -3.26. The number of ether oxygens (including phenoxy) is 1. The number of hydrogen-bond donors (Lipinski definition) is 2. The number of fused-ring (bicyclic) bond motifs is 1. The van der Waals surface area contributed by atoms with Crippen LogP contribution in [0.5, 0.6) is 5.88 Å². The third-order valence-corrected chi connectivity index (χ3v) is 5.27. The van der Waals surface area contributed by atoms with E-state index < -0.39 is 22.9 Å². The lowest BCUT2D eigenvalue weighted by Gasteiger charge is -2.10. The van der Waals surface area contributed by atoms with Crippen LogP contribution in [-0.4, -0.2) is 36.9 Å². The Morgan fingerprint density at radius 1 is 1.39 bits per heavy atom. The highest BCUT2D eigenvalue weighted by molar-refractivity contribution is 7.93. The summed E-state index contributed by atoms with van der Waals surface area (Å²) in [5.74, 6) is -0.432. The van der Waals surface area contributed by atoms with E-state index in [1.807, 2.05) is 6.07 Å². The topological polar surface area (TPSA) is 121 Å². The molecule has 1 aromatic carbocycles. The van der Waals surface area contributed by atoms with Crippen molar-refractivity contribution in [1.29, 1.82) is 5.26 Å². The van der Waals surface area contributed by atoms with E-state index in [-0.39, 0.29) is 28.7 Å². The molecule has 0 spiro atoms. The van der Waals surface area contributed by atoms with E-state index in [9.17, 15) is 17.2 Å². The van der Waals surface area contributed by atoms with Gasteiger partial charge in [-0.2, -0.15) is 10.2 Å². The molecule has 0 aliphatic carbocycles. The van der Waals surface area contributed by atoms with Gasteiger partial charge in [0.25, 0.3) is 10.0 Å². The molecule has 0 unspecified atom stereocenters. The van der Waals surface area contributed by atoms with Gasteiger partial charge in [0, 0.05) is 35.3 Å². The van der Waals surface area contributed by atoms with Gasteiger partial charge >= 0.3 is 0 Å². The van der Waals surface area contributed by atoms with Crippen molar-refractivity contribution >= 4 is 26.9 Å². The lowest BCUT2D eigenvalue weighted by atomic mass is 10.1. The summed E-state index contributed by atoms with van der Waals surface area (Å²) in [5.41, 5.74) is 1.37. The largest absolute Gasteiger partial charge is 0.481 e. The van der Waals surface area contributed by atoms with Gasteiger partial charge in [0.1, 0.15) is 4.90 Å². The molecule has 0 saturated carbocycles. The number of rotatable bonds is 7. The number of benzene rings is 1. The summed E-state index contributed by atoms with van der Waals surface area (Å²) in [6.07, 6.45) is -0.611. The molecule has 28 heavy (non-hydrogen) atoms. The van der Waals surface area contributed by atoms with Crippen LogP contribution in [0, 0.1) is 11.3 Å². The number of sulfonamides is 1. The highest BCUT2D eigenvalue weighted by Crippen LogP contribution is 2.26. The summed E-state index contributed by atoms with van der Waals surface area (Å²) in [5, 5.41) is 9.20. The molecular weight excluding hydrogens is 392 g/mol. The molecule has 3 rings (SSSR count). The Balaban J connectivity index is 1.92. The highest BCUT2D eigenvalue weighted by Gasteiger charge is 2.22. The van der Waals surface area contributed by atoms with E-state index in [0.29, 0.717) is 10.9 Å². The first-order valence-corrected chi connectivity index (χ1v) is 9.50. The molecule has 0 aliphatic rings. The summed E-state index contributed by atoms with van der Waals surface area (Å²) >= 11 is 0. The van der Waals surface area contributed by atoms with E-state index in [1.165, 1.54) is 13.3 Å². The number of nitriles is 1. The van der Waals surface area contributed by atoms with Gasteiger partial charge in [-0.15, -0.1) is 0 Å². The second-order valence-electron chi connectivity index (χ2n) is 5.80. The van der Waals surface area contributed by atoms with Crippen LogP contribution >= 0.6 is 0 Å². The molecule has 0 amide bonds. The predicted molar refractivity (Wildman–Crippen MR) is 96.7 cm³/mol. The zero-order chi connectivity index (χ0) is 20.3. The second kappa shape index (κ2) is 7.77. The first kappa shape index (κ1) is 19.5. The number of hydrogen-bond acceptors (Lipinski definition) is 6. The van der Waals surface area contributed by atoms with Crippen molar-refractivity contribution in [2.24, 2.45) is 0 Å². The van der Waals surface area contributed by atoms with Crippen LogP contribution in [0.3, 0.4) is 0 Å². The maximum absolute atomic E-state index is 12.7. The van der Waals surface area contributed by atoms with Crippen molar-refractivity contribution in [2.45, 2.75) is 24.2 Å². The smallest absolute Gasteiger partial charge is 0.266 e. The molecule has 0 bridgehead atoms. The Morgan fingerprint density at radius 3 is 2.86 bits per heavy atom. The van der Waals surface area contributed by atoms with Gasteiger partial charge in [0.05, 0.1) is 19.6 Å². The van der Waals surface area contributed by atoms with Gasteiger partial charge in [0.15, 0.2) is 0 Å². The van der Waals surface area contributed by atoms with Crippen LogP contribution in [0.1, 0.15) is 11.1 Å². The summed E-state index contributed by atoms with van der Waals surface area (Å²) in [6, 6.07) is 6.98. The van der Waals surface area contributed by atoms with Crippen molar-refractivity contribution < 1.29 is 21.9 Å². The SMILES string of the molecule is COc1nc(NS(=O)(=O)c2c[nH]c3cc(CC#N)ccc23)ncc1CC(F)F. The zero-order valence-electron chi connectivity index (χ0n) is 14.6. The third kappa shape index (κ3) is 4.01. The van der Waals surface area contributed by atoms with Crippen LogP contribution < -0.4 is 9.46 Å². The minimum atomic E-state index is -4.06. The van der Waals surface area contributed by atoms with Crippen molar-refractivity contribution in [3.8, 4) is 11.9 Å². The standard InChI is InChI=1S/C17H15F2N5O3S/c1-27-16-11(7-15(18)19)8-22-17(23-16)24-28(25,26)14-9-21-13-6-10(4-5-20)2-3-12(13)14/h2-3,6,8-9,15,21H,4,7H2,1H3,(H,22,23,24). The first-order chi connectivity index (χ1) is 13.3. The average molecular weight is 407 g/mol. The molecule has 0 aliphatic heterocycles. The first-order valence-electron chi connectivity index (χ1n) is 8.02. The van der Waals surface area contributed by atoms with E-state index in [2.05, 4.69) is 19.7 Å². The maximum atomic E-state index is 12.7. The number of nitrogens with zero attached hydrogens (tertiary/aromatic N) is 3. The molecule has 146 valence electrons. The number of aromatic amines is 1. The van der Waals surface area contributed by atoms with Gasteiger partial charge in [0.2, 0.25) is 18.3 Å². The van der Waals surface area contributed by atoms with Crippen molar-refractivity contribution in [1.82, 2.24) is 15.0 Å². The van der Waals surface area contributed by atoms with Gasteiger partial charge in [-0.1, -0.05) is 12.1 Å². The van der Waals surface area contributed by atoms with Gasteiger partial charge in [-0.25, -0.2) is 26.9 Å². The number of nitrogens with one attached hydrogen (secondary N) is 2. The fourth-order valence-electron chi connectivity index (χ4n) is 2.67. The van der Waals surface area contributed by atoms with Crippen LogP contribution in [0.15, 0.2) is 35.5 Å². The molecule has 0 saturated heterocycles. The minimum absolute atomic E-state index is 0.0368. The summed E-state index contributed by atoms with van der Waals surface area (Å²) in [7, 11) is -2.81. The molecular formula is C17H15F2N5O3S. The number of H-pyrrole nitrogens is 1. The Morgan fingerprint density at radius 2 is 2.18 bits per heavy atom. The lowest BCUT2D eigenvalue weighted by Crippen LogP contribution is -2.15. The zero-order valence-corrected chi connectivity index (χ0v) is 15.4. The number of halogens is 2. The third-order valence-electron chi connectivity index (χ3n) is 3.90. The molecule has 0 radical (unpaired) electrons. The van der Waals surface area contributed by atoms with Crippen molar-refractivity contribution in [3.63, 3.8) is 0 Å². The second-order valence-corrected chi connectivity index (χ2v) is 7.45. The quantitative estimate of drug-likeness (QED) is 0.621. The van der Waals surface area contributed by atoms with Gasteiger partial charge in [-0.3, -0.25) is 0 Å². The highest BCUT2D eigenvalue weighted by atomic mass is 32.2. The monoisotopic (exact) mass is 407 g/mol. The Bertz CT molecular complexity index is 1160. The van der Waals surface area contributed by atoms with Crippen LogP contribution in [0.25, 0.3) is 10.9 Å². The number of alkyl halides is 2. The molecule has 2 aromatic heterocycles. The normalized spacial score (nSPS) is 11.5. The number of anilines is 1. The lowest BCUT2D eigenvalue weighted by molar-refractivity contribution is 0.147. The van der Waals surface area contributed by atoms with Crippen molar-refractivity contribution in [2.75, 3.05) is 11.8 Å². The van der Waals surface area contributed by atoms with Gasteiger partial charge < -0.3 is 9.72 Å². The maximum Gasteiger partial charge on any atom is 0.266 e. The van der Waals surface area contributed by atoms with Crippen molar-refractivity contribution in [3.05, 3.63) is 41.7 Å². The summed E-state index contributed by atoms with van der Waals surface area (Å²) in [6.45, 7) is 0. The molecule has 3 aromatic rings. The van der Waals surface area contributed by atoms with E-state index in [1.54, 1.807) is 18.2 Å². The van der Waals surface area contributed by atoms with E-state index >= 15 is 0 Å². The predicted octanol–water partition coefficient (Wildman–Crippen LogP) is 2.64. The Labute approximate surface area is 159 Å². The van der Waals surface area contributed by atoms with E-state index in [4.69, 9.17) is 10.00 Å². The molecule has 0 fully saturated rings. The van der Waals surface area contributed by atoms with Crippen LogP contribution in [0.2, 0.25) is 0 Å². The fraction of sp³-hybridized carbons (Fsp3) is 0.235. The Kier molecular flexibility index (Phi) is 5.41. The molecule has 8 nitrogen and oxygen atoms in total. The molecule has 0 atom stereocenters. The minimum Gasteiger partial charge on any atom is -0.481 e. The molecule has 2 heterocycles.